The van der Waals surface area contributed by atoms with Crippen LogP contribution in [0.3, 0.4) is 0 Å². The zero-order chi connectivity index (χ0) is 18.4. The fourth-order valence-corrected chi connectivity index (χ4v) is 2.26. The molecule has 0 saturated carbocycles. The molecule has 1 heterocycles. The van der Waals surface area contributed by atoms with Crippen LogP contribution < -0.4 is 10.3 Å². The van der Waals surface area contributed by atoms with Gasteiger partial charge in [-0.05, 0) is 37.6 Å². The molecule has 0 bridgehead atoms. The molecule has 0 spiro atoms. The van der Waals surface area contributed by atoms with E-state index >= 15 is 0 Å². The standard InChI is InChI=1S/C17H18N2O6/c1-12-10-14(19(22)23)11-18(16(12)20)8-3-9-25-15-6-4-13(5-7-15)17(21)24-2/h4-7,10-11H,3,8-9H2,1-2H3. The van der Waals surface area contributed by atoms with E-state index in [0.29, 0.717) is 36.4 Å². The van der Waals surface area contributed by atoms with Crippen molar-refractivity contribution < 1.29 is 19.2 Å². The van der Waals surface area contributed by atoms with Crippen LogP contribution >= 0.6 is 0 Å². The van der Waals surface area contributed by atoms with E-state index in [1.807, 2.05) is 0 Å². The van der Waals surface area contributed by atoms with E-state index in [4.69, 9.17) is 4.74 Å². The van der Waals surface area contributed by atoms with Crippen molar-refractivity contribution in [3.05, 3.63) is 68.1 Å². The third-order valence-electron chi connectivity index (χ3n) is 3.55. The van der Waals surface area contributed by atoms with Crippen LogP contribution in [0.25, 0.3) is 0 Å². The Morgan fingerprint density at radius 2 is 1.96 bits per heavy atom. The Kier molecular flexibility index (Phi) is 5.89. The highest BCUT2D eigenvalue weighted by Crippen LogP contribution is 2.14. The zero-order valence-electron chi connectivity index (χ0n) is 13.9. The number of nitro groups is 1. The number of aromatic nitrogens is 1. The summed E-state index contributed by atoms with van der Waals surface area (Å²) >= 11 is 0. The number of methoxy groups -OCH3 is 1. The van der Waals surface area contributed by atoms with Gasteiger partial charge < -0.3 is 14.0 Å². The highest BCUT2D eigenvalue weighted by atomic mass is 16.6. The van der Waals surface area contributed by atoms with Gasteiger partial charge in [-0.3, -0.25) is 14.9 Å². The highest BCUT2D eigenvalue weighted by molar-refractivity contribution is 5.89. The van der Waals surface area contributed by atoms with Gasteiger partial charge in [-0.2, -0.15) is 0 Å². The van der Waals surface area contributed by atoms with Gasteiger partial charge in [-0.1, -0.05) is 0 Å². The number of nitrogens with zero attached hydrogens (tertiary/aromatic N) is 2. The summed E-state index contributed by atoms with van der Waals surface area (Å²) in [5.74, 6) is 0.155. The Balaban J connectivity index is 1.92. The van der Waals surface area contributed by atoms with E-state index in [1.165, 1.54) is 23.9 Å². The van der Waals surface area contributed by atoms with Crippen LogP contribution in [0.5, 0.6) is 5.75 Å². The average molecular weight is 346 g/mol. The molecule has 25 heavy (non-hydrogen) atoms. The Labute approximate surface area is 143 Å². The van der Waals surface area contributed by atoms with Gasteiger partial charge in [0.15, 0.2) is 0 Å². The van der Waals surface area contributed by atoms with Gasteiger partial charge in [0.1, 0.15) is 5.75 Å². The minimum absolute atomic E-state index is 0.114. The van der Waals surface area contributed by atoms with Crippen LogP contribution in [0.2, 0.25) is 0 Å². The molecule has 0 fully saturated rings. The highest BCUT2D eigenvalue weighted by Gasteiger charge is 2.11. The maximum absolute atomic E-state index is 12.0. The molecule has 1 aromatic carbocycles. The lowest BCUT2D eigenvalue weighted by atomic mass is 10.2. The topological polar surface area (TPSA) is 101 Å². The van der Waals surface area contributed by atoms with Crippen LogP contribution in [0.1, 0.15) is 22.3 Å². The lowest BCUT2D eigenvalue weighted by molar-refractivity contribution is -0.385. The molecule has 2 aromatic rings. The van der Waals surface area contributed by atoms with Crippen molar-refractivity contribution in [3.63, 3.8) is 0 Å². The second-order valence-corrected chi connectivity index (χ2v) is 5.35. The molecule has 0 radical (unpaired) electrons. The van der Waals surface area contributed by atoms with E-state index in [1.54, 1.807) is 31.2 Å². The first-order valence-electron chi connectivity index (χ1n) is 7.59. The second kappa shape index (κ2) is 8.09. The first-order chi connectivity index (χ1) is 11.9. The van der Waals surface area contributed by atoms with Gasteiger partial charge in [0.2, 0.25) is 0 Å². The molecule has 132 valence electrons. The van der Waals surface area contributed by atoms with Crippen LogP contribution in [0.15, 0.2) is 41.3 Å². The molecule has 0 unspecified atom stereocenters. The summed E-state index contributed by atoms with van der Waals surface area (Å²) in [7, 11) is 1.31. The lowest BCUT2D eigenvalue weighted by Crippen LogP contribution is -2.23. The number of esters is 1. The van der Waals surface area contributed by atoms with Crippen molar-refractivity contribution in [2.75, 3.05) is 13.7 Å². The number of carbonyl (C=O) groups excluding carboxylic acids is 1. The van der Waals surface area contributed by atoms with E-state index in [0.717, 1.165) is 0 Å². The molecule has 0 amide bonds. The smallest absolute Gasteiger partial charge is 0.337 e. The molecule has 0 aliphatic heterocycles. The lowest BCUT2D eigenvalue weighted by Gasteiger charge is -2.09. The Morgan fingerprint density at radius 1 is 1.28 bits per heavy atom. The Bertz CT molecular complexity index is 826. The molecule has 2 rings (SSSR count). The second-order valence-electron chi connectivity index (χ2n) is 5.35. The van der Waals surface area contributed by atoms with Crippen molar-refractivity contribution in [3.8, 4) is 5.75 Å². The predicted molar refractivity (Wildman–Crippen MR) is 90.0 cm³/mol. The SMILES string of the molecule is COC(=O)c1ccc(OCCCn2cc([N+](=O)[O-])cc(C)c2=O)cc1. The van der Waals surface area contributed by atoms with E-state index in [9.17, 15) is 19.7 Å². The quantitative estimate of drug-likeness (QED) is 0.330. The monoisotopic (exact) mass is 346 g/mol. The summed E-state index contributed by atoms with van der Waals surface area (Å²) in [6, 6.07) is 7.75. The summed E-state index contributed by atoms with van der Waals surface area (Å²) in [5.41, 5.74) is 0.381. The fourth-order valence-electron chi connectivity index (χ4n) is 2.26. The van der Waals surface area contributed by atoms with E-state index in [-0.39, 0.29) is 11.2 Å². The summed E-state index contributed by atoms with van der Waals surface area (Å²) in [4.78, 5) is 33.7. The van der Waals surface area contributed by atoms with Gasteiger partial charge in [0, 0.05) is 18.2 Å². The summed E-state index contributed by atoms with van der Waals surface area (Å²) in [6.45, 7) is 2.18. The van der Waals surface area contributed by atoms with Gasteiger partial charge in [0.05, 0.1) is 30.4 Å². The number of rotatable bonds is 7. The third kappa shape index (κ3) is 4.66. The first kappa shape index (κ1) is 18.2. The average Bonchev–Trinajstić information content (AvgIpc) is 2.61. The van der Waals surface area contributed by atoms with Crippen molar-refractivity contribution in [2.45, 2.75) is 19.9 Å². The van der Waals surface area contributed by atoms with Crippen LogP contribution in [0.4, 0.5) is 5.69 Å². The molecule has 0 aliphatic rings. The van der Waals surface area contributed by atoms with Gasteiger partial charge in [0.25, 0.3) is 11.2 Å². The Morgan fingerprint density at radius 3 is 2.56 bits per heavy atom. The van der Waals surface area contributed by atoms with Crippen LogP contribution in [-0.2, 0) is 11.3 Å². The largest absolute Gasteiger partial charge is 0.494 e. The van der Waals surface area contributed by atoms with E-state index < -0.39 is 10.9 Å². The van der Waals surface area contributed by atoms with Gasteiger partial charge in [-0.25, -0.2) is 4.79 Å². The number of pyridine rings is 1. The number of benzene rings is 1. The van der Waals surface area contributed by atoms with Crippen molar-refractivity contribution in [1.82, 2.24) is 4.57 Å². The molecule has 1 aromatic heterocycles. The predicted octanol–water partition coefficient (Wildman–Crippen LogP) is 2.32. The van der Waals surface area contributed by atoms with Crippen molar-refractivity contribution >= 4 is 11.7 Å². The maximum Gasteiger partial charge on any atom is 0.337 e. The van der Waals surface area contributed by atoms with Crippen LogP contribution in [-0.4, -0.2) is 29.2 Å². The summed E-state index contributed by atoms with van der Waals surface area (Å²) in [6.07, 6.45) is 1.74. The molecule has 0 aliphatic carbocycles. The minimum atomic E-state index is -0.525. The minimum Gasteiger partial charge on any atom is -0.494 e. The normalized spacial score (nSPS) is 10.3. The van der Waals surface area contributed by atoms with E-state index in [2.05, 4.69) is 4.74 Å². The number of aryl methyl sites for hydroxylation is 2. The fraction of sp³-hybridized carbons (Fsp3) is 0.294. The van der Waals surface area contributed by atoms with Crippen molar-refractivity contribution in [2.24, 2.45) is 0 Å². The summed E-state index contributed by atoms with van der Waals surface area (Å²) < 4.78 is 11.5. The molecular weight excluding hydrogens is 328 g/mol. The summed E-state index contributed by atoms with van der Waals surface area (Å²) in [5, 5.41) is 10.9. The van der Waals surface area contributed by atoms with Gasteiger partial charge in [-0.15, -0.1) is 0 Å². The number of hydrogen-bond acceptors (Lipinski definition) is 6. The number of carbonyl (C=O) groups is 1. The number of ether oxygens (including phenoxy) is 2. The molecule has 0 saturated heterocycles. The first-order valence-corrected chi connectivity index (χ1v) is 7.59. The molecular formula is C17H18N2O6. The maximum atomic E-state index is 12.0. The number of hydrogen-bond donors (Lipinski definition) is 0. The van der Waals surface area contributed by atoms with Gasteiger partial charge >= 0.3 is 5.97 Å². The zero-order valence-corrected chi connectivity index (χ0v) is 13.9. The van der Waals surface area contributed by atoms with Crippen molar-refractivity contribution in [1.29, 1.82) is 0 Å². The molecule has 0 atom stereocenters. The Hall–Kier alpha value is -3.16. The molecule has 0 N–H and O–H groups in total. The molecule has 8 nitrogen and oxygen atoms in total. The molecule has 8 heteroatoms. The van der Waals surface area contributed by atoms with Crippen LogP contribution in [0, 0.1) is 17.0 Å². The third-order valence-corrected chi connectivity index (χ3v) is 3.55.